The van der Waals surface area contributed by atoms with Crippen LogP contribution in [0.3, 0.4) is 0 Å². The minimum absolute atomic E-state index is 0.0338. The maximum absolute atomic E-state index is 12.2. The molecule has 1 N–H and O–H groups in total. The lowest BCUT2D eigenvalue weighted by molar-refractivity contribution is -0.384. The first kappa shape index (κ1) is 16.2. The number of hydrogen-bond donors (Lipinski definition) is 1. The average molecular weight is 314 g/mol. The van der Waals surface area contributed by atoms with Gasteiger partial charge in [-0.15, -0.1) is 0 Å². The van der Waals surface area contributed by atoms with Crippen LogP contribution < -0.4 is 5.32 Å². The number of amides is 1. The molecule has 0 heterocycles. The van der Waals surface area contributed by atoms with Crippen LogP contribution in [0.1, 0.15) is 27.6 Å². The second-order valence-electron chi connectivity index (χ2n) is 4.53. The van der Waals surface area contributed by atoms with Gasteiger partial charge >= 0.3 is 5.97 Å². The standard InChI is InChI=1S/C16H14N2O5/c1-2-23-16(20)13-9-8-12(18(21)22)10-14(13)17-15(19)11-6-4-3-5-7-11/h3-10H,2H2,1H3,(H,17,19). The minimum atomic E-state index is -0.661. The average Bonchev–Trinajstić information content (AvgIpc) is 2.55. The number of nitrogens with one attached hydrogen (secondary N) is 1. The number of benzene rings is 2. The topological polar surface area (TPSA) is 98.5 Å². The first-order chi connectivity index (χ1) is 11.0. The van der Waals surface area contributed by atoms with Crippen LogP contribution in [-0.4, -0.2) is 23.4 Å². The van der Waals surface area contributed by atoms with Crippen molar-refractivity contribution < 1.29 is 19.2 Å². The van der Waals surface area contributed by atoms with Gasteiger partial charge < -0.3 is 10.1 Å². The lowest BCUT2D eigenvalue weighted by Gasteiger charge is -2.10. The zero-order valence-corrected chi connectivity index (χ0v) is 12.3. The number of carbonyl (C=O) groups is 2. The summed E-state index contributed by atoms with van der Waals surface area (Å²) in [5.74, 6) is -1.14. The van der Waals surface area contributed by atoms with Crippen LogP contribution in [0.25, 0.3) is 0 Å². The summed E-state index contributed by atoms with van der Waals surface area (Å²) in [6, 6.07) is 11.9. The predicted octanol–water partition coefficient (Wildman–Crippen LogP) is 3.02. The number of non-ortho nitro benzene ring substituents is 1. The summed E-state index contributed by atoms with van der Waals surface area (Å²) < 4.78 is 4.90. The zero-order valence-electron chi connectivity index (χ0n) is 12.3. The van der Waals surface area contributed by atoms with Crippen molar-refractivity contribution >= 4 is 23.3 Å². The molecule has 0 aliphatic rings. The number of nitro benzene ring substituents is 1. The van der Waals surface area contributed by atoms with Crippen LogP contribution in [0.2, 0.25) is 0 Å². The lowest BCUT2D eigenvalue weighted by Crippen LogP contribution is -2.16. The maximum atomic E-state index is 12.2. The van der Waals surface area contributed by atoms with Crippen LogP contribution >= 0.6 is 0 Å². The van der Waals surface area contributed by atoms with Crippen LogP contribution in [0.15, 0.2) is 48.5 Å². The highest BCUT2D eigenvalue weighted by molar-refractivity contribution is 6.08. The molecule has 2 rings (SSSR count). The number of nitro groups is 1. The molecule has 0 radical (unpaired) electrons. The molecular formula is C16H14N2O5. The van der Waals surface area contributed by atoms with Gasteiger partial charge in [0.25, 0.3) is 11.6 Å². The van der Waals surface area contributed by atoms with E-state index in [2.05, 4.69) is 5.32 Å². The van der Waals surface area contributed by atoms with Gasteiger partial charge in [-0.25, -0.2) is 4.79 Å². The van der Waals surface area contributed by atoms with E-state index in [1.54, 1.807) is 37.3 Å². The molecule has 0 unspecified atom stereocenters. The Balaban J connectivity index is 2.37. The largest absolute Gasteiger partial charge is 0.462 e. The van der Waals surface area contributed by atoms with E-state index in [1.165, 1.54) is 12.1 Å². The molecule has 2 aromatic carbocycles. The Labute approximate surface area is 132 Å². The fraction of sp³-hybridized carbons (Fsp3) is 0.125. The first-order valence-corrected chi connectivity index (χ1v) is 6.85. The molecule has 1 amide bonds. The second kappa shape index (κ2) is 7.17. The molecular weight excluding hydrogens is 300 g/mol. The second-order valence-corrected chi connectivity index (χ2v) is 4.53. The Morgan fingerprint density at radius 3 is 2.48 bits per heavy atom. The van der Waals surface area contributed by atoms with Crippen molar-refractivity contribution in [2.24, 2.45) is 0 Å². The molecule has 0 aromatic heterocycles. The van der Waals surface area contributed by atoms with E-state index in [1.807, 2.05) is 0 Å². The molecule has 118 valence electrons. The number of anilines is 1. The van der Waals surface area contributed by atoms with Crippen molar-refractivity contribution in [3.63, 3.8) is 0 Å². The van der Waals surface area contributed by atoms with Crippen LogP contribution in [0.4, 0.5) is 11.4 Å². The van der Waals surface area contributed by atoms with E-state index < -0.39 is 16.8 Å². The van der Waals surface area contributed by atoms with Crippen molar-refractivity contribution in [3.8, 4) is 0 Å². The summed E-state index contributed by atoms with van der Waals surface area (Å²) in [4.78, 5) is 34.4. The SMILES string of the molecule is CCOC(=O)c1ccc([N+](=O)[O-])cc1NC(=O)c1ccccc1. The molecule has 0 aliphatic carbocycles. The number of rotatable bonds is 5. The summed E-state index contributed by atoms with van der Waals surface area (Å²) in [6.45, 7) is 1.80. The first-order valence-electron chi connectivity index (χ1n) is 6.85. The molecule has 0 fully saturated rings. The van der Waals surface area contributed by atoms with Gasteiger partial charge in [-0.05, 0) is 25.1 Å². The highest BCUT2D eigenvalue weighted by Crippen LogP contribution is 2.24. The van der Waals surface area contributed by atoms with Crippen LogP contribution in [0.5, 0.6) is 0 Å². The van der Waals surface area contributed by atoms with Gasteiger partial charge in [0.15, 0.2) is 0 Å². The Kier molecular flexibility index (Phi) is 5.03. The van der Waals surface area contributed by atoms with E-state index in [0.29, 0.717) is 5.56 Å². The highest BCUT2D eigenvalue weighted by atomic mass is 16.6. The summed E-state index contributed by atoms with van der Waals surface area (Å²) >= 11 is 0. The molecule has 0 aliphatic heterocycles. The molecule has 7 nitrogen and oxygen atoms in total. The molecule has 7 heteroatoms. The van der Waals surface area contributed by atoms with E-state index >= 15 is 0 Å². The zero-order chi connectivity index (χ0) is 16.8. The van der Waals surface area contributed by atoms with Gasteiger partial charge in [0.2, 0.25) is 0 Å². The Morgan fingerprint density at radius 2 is 1.87 bits per heavy atom. The van der Waals surface area contributed by atoms with E-state index in [-0.39, 0.29) is 23.5 Å². The molecule has 2 aromatic rings. The van der Waals surface area contributed by atoms with Crippen LogP contribution in [-0.2, 0) is 4.74 Å². The predicted molar refractivity (Wildman–Crippen MR) is 83.4 cm³/mol. The monoisotopic (exact) mass is 314 g/mol. The molecule has 0 bridgehead atoms. The quantitative estimate of drug-likeness (QED) is 0.519. The number of ether oxygens (including phenoxy) is 1. The summed E-state index contributed by atoms with van der Waals surface area (Å²) in [5, 5.41) is 13.4. The third-order valence-electron chi connectivity index (χ3n) is 2.99. The van der Waals surface area contributed by atoms with Gasteiger partial charge in [-0.2, -0.15) is 0 Å². The van der Waals surface area contributed by atoms with Crippen molar-refractivity contribution in [2.75, 3.05) is 11.9 Å². The highest BCUT2D eigenvalue weighted by Gasteiger charge is 2.19. The fourth-order valence-electron chi connectivity index (χ4n) is 1.92. The van der Waals surface area contributed by atoms with E-state index in [9.17, 15) is 19.7 Å². The van der Waals surface area contributed by atoms with Crippen molar-refractivity contribution in [3.05, 3.63) is 69.8 Å². The minimum Gasteiger partial charge on any atom is -0.462 e. The van der Waals surface area contributed by atoms with Gasteiger partial charge in [-0.1, -0.05) is 18.2 Å². The lowest BCUT2D eigenvalue weighted by atomic mass is 10.1. The van der Waals surface area contributed by atoms with Gasteiger partial charge in [0.05, 0.1) is 22.8 Å². The number of nitrogens with zero attached hydrogens (tertiary/aromatic N) is 1. The summed E-state index contributed by atoms with van der Waals surface area (Å²) in [7, 11) is 0. The van der Waals surface area contributed by atoms with Gasteiger partial charge in [0, 0.05) is 17.7 Å². The molecule has 0 spiro atoms. The van der Waals surface area contributed by atoms with Crippen LogP contribution in [0, 0.1) is 10.1 Å². The molecule has 0 saturated heterocycles. The van der Waals surface area contributed by atoms with Crippen molar-refractivity contribution in [1.29, 1.82) is 0 Å². The van der Waals surface area contributed by atoms with E-state index in [4.69, 9.17) is 4.74 Å². The molecule has 23 heavy (non-hydrogen) atoms. The Morgan fingerprint density at radius 1 is 1.17 bits per heavy atom. The molecule has 0 atom stereocenters. The fourth-order valence-corrected chi connectivity index (χ4v) is 1.92. The van der Waals surface area contributed by atoms with Gasteiger partial charge in [-0.3, -0.25) is 14.9 Å². The smallest absolute Gasteiger partial charge is 0.340 e. The Bertz CT molecular complexity index is 743. The third-order valence-corrected chi connectivity index (χ3v) is 2.99. The van der Waals surface area contributed by atoms with Gasteiger partial charge in [0.1, 0.15) is 0 Å². The number of carbonyl (C=O) groups excluding carboxylic acids is 2. The van der Waals surface area contributed by atoms with Crippen molar-refractivity contribution in [1.82, 2.24) is 0 Å². The maximum Gasteiger partial charge on any atom is 0.340 e. The normalized spacial score (nSPS) is 9.96. The summed E-state index contributed by atoms with van der Waals surface area (Å²) in [6.07, 6.45) is 0. The summed E-state index contributed by atoms with van der Waals surface area (Å²) in [5.41, 5.74) is 0.225. The number of esters is 1. The number of hydrogen-bond acceptors (Lipinski definition) is 5. The third kappa shape index (κ3) is 3.91. The van der Waals surface area contributed by atoms with E-state index in [0.717, 1.165) is 6.07 Å². The molecule has 0 saturated carbocycles. The van der Waals surface area contributed by atoms with Crippen molar-refractivity contribution in [2.45, 2.75) is 6.92 Å². The Hall–Kier alpha value is -3.22.